The van der Waals surface area contributed by atoms with E-state index in [1.54, 1.807) is 18.2 Å². The molecule has 22 heavy (non-hydrogen) atoms. The van der Waals surface area contributed by atoms with Crippen molar-refractivity contribution in [3.05, 3.63) is 71.3 Å². The van der Waals surface area contributed by atoms with Crippen molar-refractivity contribution in [3.63, 3.8) is 0 Å². The van der Waals surface area contributed by atoms with Gasteiger partial charge in [-0.25, -0.2) is 14.3 Å². The Balaban J connectivity index is 2.02. The Morgan fingerprint density at radius 3 is 2.68 bits per heavy atom. The molecule has 6 heteroatoms. The van der Waals surface area contributed by atoms with Gasteiger partial charge in [0.25, 0.3) is 5.91 Å². The van der Waals surface area contributed by atoms with Crippen LogP contribution in [0.25, 0.3) is 6.08 Å². The first kappa shape index (κ1) is 15.7. The van der Waals surface area contributed by atoms with Crippen LogP contribution >= 0.6 is 0 Å². The van der Waals surface area contributed by atoms with Crippen molar-refractivity contribution in [2.45, 2.75) is 6.54 Å². The first-order valence-electron chi connectivity index (χ1n) is 6.48. The number of hydrogen-bond acceptors (Lipinski definition) is 3. The van der Waals surface area contributed by atoms with Crippen LogP contribution in [0.15, 0.2) is 48.5 Å². The Morgan fingerprint density at radius 2 is 1.95 bits per heavy atom. The Bertz CT molecular complexity index is 702. The van der Waals surface area contributed by atoms with Gasteiger partial charge in [0.15, 0.2) is 11.6 Å². The van der Waals surface area contributed by atoms with Crippen molar-refractivity contribution in [1.82, 2.24) is 5.48 Å². The van der Waals surface area contributed by atoms with E-state index in [0.717, 1.165) is 23.3 Å². The summed E-state index contributed by atoms with van der Waals surface area (Å²) < 4.78 is 25.9. The maximum absolute atomic E-state index is 13.1. The van der Waals surface area contributed by atoms with Crippen LogP contribution in [0, 0.1) is 11.6 Å². The molecule has 0 aliphatic rings. The second-order valence-electron chi connectivity index (χ2n) is 4.54. The third-order valence-electron chi connectivity index (χ3n) is 2.90. The van der Waals surface area contributed by atoms with Crippen LogP contribution in [-0.2, 0) is 11.3 Å². The summed E-state index contributed by atoms with van der Waals surface area (Å²) in [5.74, 6) is -2.41. The number of halogens is 2. The topological polar surface area (TPSA) is 61.4 Å². The Hall–Kier alpha value is -2.73. The fourth-order valence-corrected chi connectivity index (χ4v) is 1.83. The zero-order valence-electron chi connectivity index (χ0n) is 11.5. The average molecular weight is 304 g/mol. The van der Waals surface area contributed by atoms with Crippen LogP contribution in [0.5, 0.6) is 0 Å². The van der Waals surface area contributed by atoms with E-state index in [1.807, 2.05) is 12.1 Å². The molecule has 0 heterocycles. The summed E-state index contributed by atoms with van der Waals surface area (Å²) in [6.45, 7) is 0.416. The van der Waals surface area contributed by atoms with Crippen LogP contribution < -0.4 is 10.8 Å². The first-order chi connectivity index (χ1) is 10.6. The summed E-state index contributed by atoms with van der Waals surface area (Å²) in [6.07, 6.45) is 2.74. The molecule has 0 fully saturated rings. The minimum atomic E-state index is -0.906. The van der Waals surface area contributed by atoms with E-state index in [1.165, 1.54) is 17.6 Å². The van der Waals surface area contributed by atoms with Gasteiger partial charge in [0.1, 0.15) is 0 Å². The predicted octanol–water partition coefficient (Wildman–Crippen LogP) is 3.10. The second kappa shape index (κ2) is 7.33. The monoisotopic (exact) mass is 304 g/mol. The molecule has 0 saturated carbocycles. The van der Waals surface area contributed by atoms with Gasteiger partial charge in [0, 0.05) is 24.4 Å². The molecule has 0 aromatic heterocycles. The number of anilines is 1. The average Bonchev–Trinajstić information content (AvgIpc) is 2.54. The van der Waals surface area contributed by atoms with Gasteiger partial charge in [-0.05, 0) is 35.4 Å². The quantitative estimate of drug-likeness (QED) is 0.452. The lowest BCUT2D eigenvalue weighted by atomic mass is 10.1. The number of benzene rings is 2. The Labute approximate surface area is 126 Å². The van der Waals surface area contributed by atoms with Crippen molar-refractivity contribution >= 4 is 17.7 Å². The van der Waals surface area contributed by atoms with Crippen molar-refractivity contribution in [1.29, 1.82) is 0 Å². The first-order valence-corrected chi connectivity index (χ1v) is 6.48. The summed E-state index contributed by atoms with van der Waals surface area (Å²) in [5.41, 5.74) is 3.64. The summed E-state index contributed by atoms with van der Waals surface area (Å²) in [5, 5.41) is 11.4. The zero-order valence-corrected chi connectivity index (χ0v) is 11.5. The smallest absolute Gasteiger partial charge is 0.267 e. The molecule has 3 N–H and O–H groups in total. The van der Waals surface area contributed by atoms with Crippen LogP contribution in [-0.4, -0.2) is 11.1 Å². The highest BCUT2D eigenvalue weighted by atomic mass is 19.2. The minimum Gasteiger partial charge on any atom is -0.381 e. The van der Waals surface area contributed by atoms with Crippen molar-refractivity contribution in [2.75, 3.05) is 5.32 Å². The molecule has 0 unspecified atom stereocenters. The number of rotatable bonds is 5. The lowest BCUT2D eigenvalue weighted by molar-refractivity contribution is -0.124. The SMILES string of the molecule is O=C(/C=C/c1cccc(CNc2ccc(F)c(F)c2)c1)NO. The van der Waals surface area contributed by atoms with Gasteiger partial charge in [0.05, 0.1) is 0 Å². The molecule has 0 spiro atoms. The molecule has 2 aromatic carbocycles. The van der Waals surface area contributed by atoms with E-state index in [9.17, 15) is 13.6 Å². The third kappa shape index (κ3) is 4.39. The second-order valence-corrected chi connectivity index (χ2v) is 4.54. The van der Waals surface area contributed by atoms with Crippen molar-refractivity contribution in [2.24, 2.45) is 0 Å². The van der Waals surface area contributed by atoms with Crippen LogP contribution in [0.1, 0.15) is 11.1 Å². The van der Waals surface area contributed by atoms with E-state index in [-0.39, 0.29) is 0 Å². The molecule has 0 aliphatic carbocycles. The summed E-state index contributed by atoms with van der Waals surface area (Å²) in [7, 11) is 0. The normalized spacial score (nSPS) is 10.7. The summed E-state index contributed by atoms with van der Waals surface area (Å²) in [4.78, 5) is 10.9. The fourth-order valence-electron chi connectivity index (χ4n) is 1.83. The molecule has 0 saturated heterocycles. The van der Waals surface area contributed by atoms with E-state index in [0.29, 0.717) is 12.2 Å². The molecule has 0 radical (unpaired) electrons. The number of nitrogens with one attached hydrogen (secondary N) is 2. The van der Waals surface area contributed by atoms with Gasteiger partial charge in [-0.1, -0.05) is 18.2 Å². The van der Waals surface area contributed by atoms with E-state index in [2.05, 4.69) is 5.32 Å². The fraction of sp³-hybridized carbons (Fsp3) is 0.0625. The minimum absolute atomic E-state index is 0.416. The maximum atomic E-state index is 13.1. The number of hydroxylamine groups is 1. The largest absolute Gasteiger partial charge is 0.381 e. The molecule has 2 rings (SSSR count). The molecule has 0 bridgehead atoms. The highest BCUT2D eigenvalue weighted by Gasteiger charge is 2.02. The lowest BCUT2D eigenvalue weighted by Crippen LogP contribution is -2.14. The van der Waals surface area contributed by atoms with Gasteiger partial charge < -0.3 is 5.32 Å². The number of carbonyl (C=O) groups is 1. The molecular formula is C16H14F2N2O2. The number of carbonyl (C=O) groups excluding carboxylic acids is 1. The van der Waals surface area contributed by atoms with Gasteiger partial charge in [-0.15, -0.1) is 0 Å². The van der Waals surface area contributed by atoms with Crippen molar-refractivity contribution in [3.8, 4) is 0 Å². The van der Waals surface area contributed by atoms with E-state index >= 15 is 0 Å². The molecule has 4 nitrogen and oxygen atoms in total. The van der Waals surface area contributed by atoms with Crippen molar-refractivity contribution < 1.29 is 18.8 Å². The molecule has 1 amide bonds. The van der Waals surface area contributed by atoms with Gasteiger partial charge in [-0.3, -0.25) is 10.0 Å². The molecular weight excluding hydrogens is 290 g/mol. The Morgan fingerprint density at radius 1 is 1.14 bits per heavy atom. The number of amides is 1. The number of hydrogen-bond donors (Lipinski definition) is 3. The van der Waals surface area contributed by atoms with Gasteiger partial charge in [-0.2, -0.15) is 0 Å². The standard InChI is InChI=1S/C16H14F2N2O2/c17-14-6-5-13(9-15(14)18)19-10-12-3-1-2-11(8-12)4-7-16(21)20-22/h1-9,19,22H,10H2,(H,20,21)/b7-4+. The molecule has 0 atom stereocenters. The highest BCUT2D eigenvalue weighted by molar-refractivity contribution is 5.90. The Kier molecular flexibility index (Phi) is 5.21. The highest BCUT2D eigenvalue weighted by Crippen LogP contribution is 2.15. The van der Waals surface area contributed by atoms with Gasteiger partial charge >= 0.3 is 0 Å². The molecule has 114 valence electrons. The van der Waals surface area contributed by atoms with Crippen LogP contribution in [0.4, 0.5) is 14.5 Å². The maximum Gasteiger partial charge on any atom is 0.267 e. The molecule has 2 aromatic rings. The summed E-state index contributed by atoms with van der Waals surface area (Å²) in [6, 6.07) is 10.9. The van der Waals surface area contributed by atoms with Crippen LogP contribution in [0.3, 0.4) is 0 Å². The lowest BCUT2D eigenvalue weighted by Gasteiger charge is -2.07. The van der Waals surface area contributed by atoms with Crippen LogP contribution in [0.2, 0.25) is 0 Å². The zero-order chi connectivity index (χ0) is 15.9. The van der Waals surface area contributed by atoms with E-state index < -0.39 is 17.5 Å². The van der Waals surface area contributed by atoms with E-state index in [4.69, 9.17) is 5.21 Å². The molecule has 0 aliphatic heterocycles. The summed E-state index contributed by atoms with van der Waals surface area (Å²) >= 11 is 0. The third-order valence-corrected chi connectivity index (χ3v) is 2.90. The predicted molar refractivity (Wildman–Crippen MR) is 79.1 cm³/mol. The van der Waals surface area contributed by atoms with Gasteiger partial charge in [0.2, 0.25) is 0 Å².